The molecule has 1 amide bonds. The highest BCUT2D eigenvalue weighted by Gasteiger charge is 2.26. The number of benzene rings is 2. The molecule has 3 N–H and O–H groups in total. The SMILES string of the molecule is NS(=O)(=O)c1ccccc1S(=O)(=O)NC(=O)c1ccc(Br)c(OCCC(F)F)c1. The second-order valence-electron chi connectivity index (χ2n) is 5.60. The van der Waals surface area contributed by atoms with Gasteiger partial charge in [0.15, 0.2) is 0 Å². The van der Waals surface area contributed by atoms with Gasteiger partial charge in [-0.25, -0.2) is 35.5 Å². The summed E-state index contributed by atoms with van der Waals surface area (Å²) in [5.74, 6) is -1.03. The summed E-state index contributed by atoms with van der Waals surface area (Å²) in [5, 5.41) is 5.02. The molecule has 0 radical (unpaired) electrons. The second-order valence-corrected chi connectivity index (χ2v) is 9.63. The average molecular weight is 513 g/mol. The minimum atomic E-state index is -4.58. The van der Waals surface area contributed by atoms with Gasteiger partial charge in [-0.3, -0.25) is 4.79 Å². The van der Waals surface area contributed by atoms with Crippen molar-refractivity contribution in [2.75, 3.05) is 6.61 Å². The summed E-state index contributed by atoms with van der Waals surface area (Å²) < 4.78 is 80.0. The number of hydrogen-bond acceptors (Lipinski definition) is 6. The number of amides is 1. The molecule has 8 nitrogen and oxygen atoms in total. The standard InChI is InChI=1S/C16H15BrF2N2O6S2/c17-11-6-5-10(9-12(11)27-8-7-15(18)19)16(22)21-29(25,26)14-4-2-1-3-13(14)28(20,23)24/h1-6,9,15H,7-8H2,(H,21,22)(H2,20,23,24). The van der Waals surface area contributed by atoms with Crippen LogP contribution in [0.4, 0.5) is 8.78 Å². The number of ether oxygens (including phenoxy) is 1. The summed E-state index contributed by atoms with van der Waals surface area (Å²) in [7, 11) is -8.95. The molecule has 158 valence electrons. The molecule has 0 atom stereocenters. The van der Waals surface area contributed by atoms with Crippen LogP contribution in [0, 0.1) is 0 Å². The second kappa shape index (κ2) is 9.15. The first-order valence-electron chi connectivity index (χ1n) is 7.81. The lowest BCUT2D eigenvalue weighted by molar-refractivity contribution is 0.0978. The molecule has 29 heavy (non-hydrogen) atoms. The molecule has 0 unspecified atom stereocenters. The molecule has 0 fully saturated rings. The van der Waals surface area contributed by atoms with Crippen molar-refractivity contribution in [1.29, 1.82) is 0 Å². The Morgan fingerprint density at radius 2 is 1.72 bits per heavy atom. The van der Waals surface area contributed by atoms with E-state index in [2.05, 4.69) is 15.9 Å². The average Bonchev–Trinajstić information content (AvgIpc) is 2.62. The maximum Gasteiger partial charge on any atom is 0.265 e. The Morgan fingerprint density at radius 1 is 1.10 bits per heavy atom. The monoisotopic (exact) mass is 512 g/mol. The van der Waals surface area contributed by atoms with Crippen LogP contribution in [0.5, 0.6) is 5.75 Å². The summed E-state index contributed by atoms with van der Waals surface area (Å²) in [6.45, 7) is -0.318. The van der Waals surface area contributed by atoms with Crippen molar-refractivity contribution in [2.45, 2.75) is 22.6 Å². The topological polar surface area (TPSA) is 133 Å². The minimum Gasteiger partial charge on any atom is -0.492 e. The van der Waals surface area contributed by atoms with Crippen molar-refractivity contribution in [1.82, 2.24) is 4.72 Å². The first kappa shape index (κ1) is 23.2. The van der Waals surface area contributed by atoms with Crippen LogP contribution in [0.3, 0.4) is 0 Å². The zero-order chi connectivity index (χ0) is 21.8. The van der Waals surface area contributed by atoms with E-state index in [0.29, 0.717) is 4.47 Å². The van der Waals surface area contributed by atoms with Crippen LogP contribution in [0.25, 0.3) is 0 Å². The van der Waals surface area contributed by atoms with Crippen LogP contribution >= 0.6 is 15.9 Å². The number of primary sulfonamides is 1. The van der Waals surface area contributed by atoms with Crippen molar-refractivity contribution >= 4 is 41.9 Å². The van der Waals surface area contributed by atoms with E-state index in [4.69, 9.17) is 9.88 Å². The fourth-order valence-electron chi connectivity index (χ4n) is 2.16. The minimum absolute atomic E-state index is 0.0561. The quantitative estimate of drug-likeness (QED) is 0.557. The maximum absolute atomic E-state index is 12.5. The number of rotatable bonds is 8. The van der Waals surface area contributed by atoms with Gasteiger partial charge < -0.3 is 4.74 Å². The third-order valence-corrected chi connectivity index (χ3v) is 6.60. The summed E-state index contributed by atoms with van der Waals surface area (Å²) in [6, 6.07) is 8.31. The molecule has 0 aliphatic heterocycles. The van der Waals surface area contributed by atoms with E-state index in [0.717, 1.165) is 18.2 Å². The van der Waals surface area contributed by atoms with Crippen molar-refractivity contribution < 1.29 is 35.1 Å². The van der Waals surface area contributed by atoms with Gasteiger partial charge in [-0.05, 0) is 46.3 Å². The van der Waals surface area contributed by atoms with E-state index in [1.165, 1.54) is 24.3 Å². The number of hydrogen-bond donors (Lipinski definition) is 2. The number of nitrogens with two attached hydrogens (primary N) is 1. The van der Waals surface area contributed by atoms with Crippen LogP contribution in [0.2, 0.25) is 0 Å². The Hall–Kier alpha value is -2.09. The summed E-state index contributed by atoms with van der Waals surface area (Å²) in [5.41, 5.74) is -0.156. The summed E-state index contributed by atoms with van der Waals surface area (Å²) >= 11 is 3.13. The van der Waals surface area contributed by atoms with Crippen molar-refractivity contribution in [3.05, 3.63) is 52.5 Å². The lowest BCUT2D eigenvalue weighted by Gasteiger charge is -2.12. The van der Waals surface area contributed by atoms with Gasteiger partial charge in [0.05, 0.1) is 11.1 Å². The highest BCUT2D eigenvalue weighted by Crippen LogP contribution is 2.27. The third kappa shape index (κ3) is 6.19. The zero-order valence-electron chi connectivity index (χ0n) is 14.5. The van der Waals surface area contributed by atoms with E-state index >= 15 is 0 Å². The van der Waals surface area contributed by atoms with Crippen LogP contribution in [0.15, 0.2) is 56.7 Å². The Labute approximate surface area is 174 Å². The Morgan fingerprint density at radius 3 is 2.31 bits per heavy atom. The lowest BCUT2D eigenvalue weighted by atomic mass is 10.2. The maximum atomic E-state index is 12.5. The fraction of sp³-hybridized carbons (Fsp3) is 0.188. The number of halogens is 3. The van der Waals surface area contributed by atoms with Crippen LogP contribution < -0.4 is 14.6 Å². The van der Waals surface area contributed by atoms with E-state index in [-0.39, 0.29) is 17.9 Å². The molecule has 0 saturated carbocycles. The highest BCUT2D eigenvalue weighted by atomic mass is 79.9. The van der Waals surface area contributed by atoms with Crippen molar-refractivity contribution in [3.8, 4) is 5.75 Å². The zero-order valence-corrected chi connectivity index (χ0v) is 17.7. The smallest absolute Gasteiger partial charge is 0.265 e. The van der Waals surface area contributed by atoms with Crippen LogP contribution in [-0.2, 0) is 20.0 Å². The lowest BCUT2D eigenvalue weighted by Crippen LogP contribution is -2.32. The van der Waals surface area contributed by atoms with Crippen LogP contribution in [0.1, 0.15) is 16.8 Å². The molecule has 2 rings (SSSR count). The number of carbonyl (C=O) groups excluding carboxylic acids is 1. The van der Waals surface area contributed by atoms with Gasteiger partial charge in [-0.1, -0.05) is 12.1 Å². The number of carbonyl (C=O) groups is 1. The molecular weight excluding hydrogens is 498 g/mol. The number of alkyl halides is 2. The number of nitrogens with one attached hydrogen (secondary N) is 1. The van der Waals surface area contributed by atoms with Gasteiger partial charge >= 0.3 is 0 Å². The van der Waals surface area contributed by atoms with Gasteiger partial charge in [0.2, 0.25) is 16.4 Å². The Balaban J connectivity index is 2.28. The largest absolute Gasteiger partial charge is 0.492 e. The molecule has 0 aliphatic rings. The van der Waals surface area contributed by atoms with Crippen LogP contribution in [-0.4, -0.2) is 35.8 Å². The summed E-state index contributed by atoms with van der Waals surface area (Å²) in [6.07, 6.45) is -3.09. The predicted octanol–water partition coefficient (Wildman–Crippen LogP) is 2.25. The highest BCUT2D eigenvalue weighted by molar-refractivity contribution is 9.10. The molecule has 2 aromatic carbocycles. The van der Waals surface area contributed by atoms with Crippen molar-refractivity contribution in [3.63, 3.8) is 0 Å². The first-order valence-corrected chi connectivity index (χ1v) is 11.6. The molecule has 0 spiro atoms. The molecule has 0 aromatic heterocycles. The van der Waals surface area contributed by atoms with E-state index in [1.54, 1.807) is 4.72 Å². The summed E-state index contributed by atoms with van der Waals surface area (Å²) in [4.78, 5) is 11.0. The molecule has 0 saturated heterocycles. The van der Waals surface area contributed by atoms with E-state index in [9.17, 15) is 30.4 Å². The van der Waals surface area contributed by atoms with Crippen molar-refractivity contribution in [2.24, 2.45) is 5.14 Å². The molecule has 0 bridgehead atoms. The third-order valence-electron chi connectivity index (χ3n) is 3.46. The van der Waals surface area contributed by atoms with Gasteiger partial charge in [-0.15, -0.1) is 0 Å². The Kier molecular flexibility index (Phi) is 7.32. The van der Waals surface area contributed by atoms with Gasteiger partial charge in [0, 0.05) is 12.0 Å². The number of sulfonamides is 2. The Bertz CT molecular complexity index is 1120. The fourth-order valence-corrected chi connectivity index (χ4v) is 4.87. The molecule has 2 aromatic rings. The molecule has 0 heterocycles. The van der Waals surface area contributed by atoms with Gasteiger partial charge in [0.25, 0.3) is 15.9 Å². The van der Waals surface area contributed by atoms with Gasteiger partial charge in [-0.2, -0.15) is 0 Å². The molecule has 13 heteroatoms. The normalized spacial score (nSPS) is 12.0. The molecular formula is C16H15BrF2N2O6S2. The van der Waals surface area contributed by atoms with E-state index in [1.807, 2.05) is 0 Å². The first-order chi connectivity index (χ1) is 13.4. The van der Waals surface area contributed by atoms with E-state index < -0.39 is 48.6 Å². The predicted molar refractivity (Wildman–Crippen MR) is 103 cm³/mol. The molecule has 0 aliphatic carbocycles. The van der Waals surface area contributed by atoms with Gasteiger partial charge in [0.1, 0.15) is 15.5 Å².